The smallest absolute Gasteiger partial charge is 0.237 e. The van der Waals surface area contributed by atoms with E-state index in [9.17, 15) is 9.59 Å². The summed E-state index contributed by atoms with van der Waals surface area (Å²) in [5, 5.41) is 2.28. The van der Waals surface area contributed by atoms with Crippen LogP contribution in [0.1, 0.15) is 30.1 Å². The second kappa shape index (κ2) is 7.84. The van der Waals surface area contributed by atoms with E-state index < -0.39 is 0 Å². The number of primary amides is 1. The molecule has 1 aromatic heterocycles. The normalized spacial score (nSPS) is 17.0. The van der Waals surface area contributed by atoms with E-state index in [1.54, 1.807) is 17.0 Å². The average Bonchev–Trinajstić information content (AvgIpc) is 3.16. The number of imidazole rings is 1. The lowest BCUT2D eigenvalue weighted by atomic mass is 9.96. The van der Waals surface area contributed by atoms with Gasteiger partial charge in [0.05, 0.1) is 6.42 Å². The number of aromatic nitrogens is 2. The van der Waals surface area contributed by atoms with Crippen LogP contribution in [0.25, 0.3) is 10.8 Å². The highest BCUT2D eigenvalue weighted by atomic mass is 16.2. The molecule has 1 aliphatic rings. The number of rotatable bonds is 5. The molecule has 0 saturated carbocycles. The Morgan fingerprint density at radius 2 is 1.96 bits per heavy atom. The lowest BCUT2D eigenvalue weighted by Crippen LogP contribution is -2.40. The lowest BCUT2D eigenvalue weighted by Gasteiger charge is -2.33. The molecule has 1 atom stereocenters. The van der Waals surface area contributed by atoms with Crippen molar-refractivity contribution in [3.05, 3.63) is 66.2 Å². The van der Waals surface area contributed by atoms with Crippen LogP contribution in [0.3, 0.4) is 0 Å². The molecule has 1 aliphatic heterocycles. The minimum absolute atomic E-state index is 0.121. The molecule has 28 heavy (non-hydrogen) atoms. The summed E-state index contributed by atoms with van der Waals surface area (Å²) in [6.45, 7) is 1.51. The van der Waals surface area contributed by atoms with E-state index in [0.717, 1.165) is 41.5 Å². The van der Waals surface area contributed by atoms with Gasteiger partial charge in [0.1, 0.15) is 12.4 Å². The topological polar surface area (TPSA) is 81.2 Å². The predicted octanol–water partition coefficient (Wildman–Crippen LogP) is 2.47. The van der Waals surface area contributed by atoms with Gasteiger partial charge in [-0.25, -0.2) is 4.98 Å². The summed E-state index contributed by atoms with van der Waals surface area (Å²) < 4.78 is 1.80. The van der Waals surface area contributed by atoms with Gasteiger partial charge in [0, 0.05) is 31.4 Å². The molecular weight excluding hydrogens is 352 g/mol. The quantitative estimate of drug-likeness (QED) is 0.743. The van der Waals surface area contributed by atoms with Crippen molar-refractivity contribution in [3.8, 4) is 0 Å². The fraction of sp³-hybridized carbons (Fsp3) is 0.318. The van der Waals surface area contributed by atoms with E-state index in [4.69, 9.17) is 5.73 Å². The van der Waals surface area contributed by atoms with Crippen molar-refractivity contribution in [3.63, 3.8) is 0 Å². The summed E-state index contributed by atoms with van der Waals surface area (Å²) in [5.41, 5.74) is 6.39. The molecule has 2 amide bonds. The first-order chi connectivity index (χ1) is 13.6. The molecular formula is C22H24N4O2. The molecule has 0 radical (unpaired) electrons. The summed E-state index contributed by atoms with van der Waals surface area (Å²) in [6, 6.07) is 14.3. The van der Waals surface area contributed by atoms with Crippen LogP contribution in [-0.4, -0.2) is 39.4 Å². The molecule has 2 aromatic carbocycles. The summed E-state index contributed by atoms with van der Waals surface area (Å²) in [5.74, 6) is 0.703. The maximum absolute atomic E-state index is 13.0. The number of hydrogen-bond donors (Lipinski definition) is 1. The van der Waals surface area contributed by atoms with Crippen molar-refractivity contribution in [2.24, 2.45) is 5.73 Å². The second-order valence-corrected chi connectivity index (χ2v) is 7.37. The number of carbonyl (C=O) groups is 2. The average molecular weight is 376 g/mol. The molecule has 1 saturated heterocycles. The third-order valence-corrected chi connectivity index (χ3v) is 5.43. The molecule has 1 fully saturated rings. The van der Waals surface area contributed by atoms with Crippen molar-refractivity contribution in [1.82, 2.24) is 14.5 Å². The van der Waals surface area contributed by atoms with Gasteiger partial charge in [0.15, 0.2) is 0 Å². The summed E-state index contributed by atoms with van der Waals surface area (Å²) in [7, 11) is 0. The van der Waals surface area contributed by atoms with E-state index in [1.807, 2.05) is 29.2 Å². The van der Waals surface area contributed by atoms with Crippen LogP contribution in [0, 0.1) is 0 Å². The van der Waals surface area contributed by atoms with Crippen LogP contribution in [0.2, 0.25) is 0 Å². The Morgan fingerprint density at radius 1 is 1.14 bits per heavy atom. The first kappa shape index (κ1) is 18.2. The molecule has 144 valence electrons. The molecule has 2 N–H and O–H groups in total. The SMILES string of the molecule is NC(=O)Cn1ccnc1C1CCCN(C(=O)Cc2cccc3ccccc23)C1. The van der Waals surface area contributed by atoms with E-state index in [0.29, 0.717) is 13.0 Å². The molecule has 4 rings (SSSR count). The number of fused-ring (bicyclic) bond motifs is 1. The fourth-order valence-electron chi connectivity index (χ4n) is 4.12. The lowest BCUT2D eigenvalue weighted by molar-refractivity contribution is -0.131. The van der Waals surface area contributed by atoms with Gasteiger partial charge in [-0.1, -0.05) is 42.5 Å². The van der Waals surface area contributed by atoms with Crippen LogP contribution in [0.15, 0.2) is 54.9 Å². The van der Waals surface area contributed by atoms with Gasteiger partial charge in [0.25, 0.3) is 0 Å². The zero-order valence-electron chi connectivity index (χ0n) is 15.8. The number of carbonyl (C=O) groups excluding carboxylic acids is 2. The fourth-order valence-corrected chi connectivity index (χ4v) is 4.12. The molecule has 0 aliphatic carbocycles. The molecule has 3 aromatic rings. The molecule has 0 spiro atoms. The van der Waals surface area contributed by atoms with E-state index >= 15 is 0 Å². The van der Waals surface area contributed by atoms with Gasteiger partial charge in [-0.15, -0.1) is 0 Å². The Kier molecular flexibility index (Phi) is 5.10. The Bertz CT molecular complexity index is 1010. The standard InChI is InChI=1S/C22H24N4O2/c23-20(27)15-26-12-10-24-22(26)18-8-4-11-25(14-18)21(28)13-17-7-3-6-16-5-1-2-9-19(16)17/h1-3,5-7,9-10,12,18H,4,8,11,13-15H2,(H2,23,27). The van der Waals surface area contributed by atoms with Crippen LogP contribution in [0.5, 0.6) is 0 Å². The van der Waals surface area contributed by atoms with Crippen molar-refractivity contribution >= 4 is 22.6 Å². The van der Waals surface area contributed by atoms with Crippen LogP contribution >= 0.6 is 0 Å². The number of nitrogens with zero attached hydrogens (tertiary/aromatic N) is 3. The minimum Gasteiger partial charge on any atom is -0.368 e. The molecule has 2 heterocycles. The second-order valence-electron chi connectivity index (χ2n) is 7.37. The highest BCUT2D eigenvalue weighted by molar-refractivity contribution is 5.90. The van der Waals surface area contributed by atoms with Gasteiger partial charge < -0.3 is 15.2 Å². The van der Waals surface area contributed by atoms with E-state index in [2.05, 4.69) is 23.2 Å². The Balaban J connectivity index is 1.49. The third kappa shape index (κ3) is 3.76. The van der Waals surface area contributed by atoms with Crippen molar-refractivity contribution in [1.29, 1.82) is 0 Å². The first-order valence-electron chi connectivity index (χ1n) is 9.65. The Labute approximate surface area is 164 Å². The molecule has 1 unspecified atom stereocenters. The number of hydrogen-bond acceptors (Lipinski definition) is 3. The van der Waals surface area contributed by atoms with Crippen LogP contribution in [-0.2, 0) is 22.6 Å². The Morgan fingerprint density at radius 3 is 2.82 bits per heavy atom. The van der Waals surface area contributed by atoms with E-state index in [-0.39, 0.29) is 24.3 Å². The van der Waals surface area contributed by atoms with Crippen LogP contribution < -0.4 is 5.73 Å². The number of nitrogens with two attached hydrogens (primary N) is 1. The highest BCUT2D eigenvalue weighted by Gasteiger charge is 2.27. The molecule has 6 nitrogen and oxygen atoms in total. The predicted molar refractivity (Wildman–Crippen MR) is 108 cm³/mol. The monoisotopic (exact) mass is 376 g/mol. The number of likely N-dealkylation sites (tertiary alicyclic amines) is 1. The van der Waals surface area contributed by atoms with Gasteiger partial charge in [-0.2, -0.15) is 0 Å². The van der Waals surface area contributed by atoms with E-state index in [1.165, 1.54) is 0 Å². The van der Waals surface area contributed by atoms with Crippen molar-refractivity contribution < 1.29 is 9.59 Å². The van der Waals surface area contributed by atoms with Gasteiger partial charge in [-0.3, -0.25) is 9.59 Å². The maximum atomic E-state index is 13.0. The number of benzene rings is 2. The number of amides is 2. The zero-order chi connectivity index (χ0) is 19.5. The number of piperidine rings is 1. The van der Waals surface area contributed by atoms with Gasteiger partial charge >= 0.3 is 0 Å². The summed E-state index contributed by atoms with van der Waals surface area (Å²) >= 11 is 0. The van der Waals surface area contributed by atoms with Crippen molar-refractivity contribution in [2.75, 3.05) is 13.1 Å². The third-order valence-electron chi connectivity index (χ3n) is 5.43. The Hall–Kier alpha value is -3.15. The molecule has 0 bridgehead atoms. The van der Waals surface area contributed by atoms with Crippen molar-refractivity contribution in [2.45, 2.75) is 31.7 Å². The highest BCUT2D eigenvalue weighted by Crippen LogP contribution is 2.27. The first-order valence-corrected chi connectivity index (χ1v) is 9.65. The summed E-state index contributed by atoms with van der Waals surface area (Å²) in [4.78, 5) is 30.7. The van der Waals surface area contributed by atoms with Gasteiger partial charge in [0.2, 0.25) is 11.8 Å². The van der Waals surface area contributed by atoms with Crippen LogP contribution in [0.4, 0.5) is 0 Å². The molecule has 6 heteroatoms. The summed E-state index contributed by atoms with van der Waals surface area (Å²) in [6.07, 6.45) is 5.74. The maximum Gasteiger partial charge on any atom is 0.237 e. The largest absolute Gasteiger partial charge is 0.368 e. The zero-order valence-corrected chi connectivity index (χ0v) is 15.8. The minimum atomic E-state index is -0.390. The van der Waals surface area contributed by atoms with Gasteiger partial charge in [-0.05, 0) is 29.2 Å².